The fraction of sp³-hybridized carbons (Fsp3) is 0.767. The maximum atomic E-state index is 13.1. The number of nitrogens with one attached hydrogen (secondary N) is 4. The summed E-state index contributed by atoms with van der Waals surface area (Å²) in [6.45, 7) is 10.1. The van der Waals surface area contributed by atoms with E-state index in [4.69, 9.17) is 46.5 Å². The molecule has 2 unspecified atom stereocenters. The number of esters is 2. The summed E-state index contributed by atoms with van der Waals surface area (Å²) >= 11 is 0. The number of phosphoric acid groups is 2. The Morgan fingerprint density at radius 3 is 1.35 bits per heavy atom. The van der Waals surface area contributed by atoms with Crippen LogP contribution >= 0.6 is 15.6 Å². The van der Waals surface area contributed by atoms with Crippen LogP contribution in [0.25, 0.3) is 0 Å². The van der Waals surface area contributed by atoms with Crippen LogP contribution in [-0.4, -0.2) is 154 Å². The van der Waals surface area contributed by atoms with E-state index in [2.05, 4.69) is 21.3 Å². The standard InChI is InChI=1S/C43H76N4O20P2/c1-9-11-13-15-17-37(50)64-31(3)19-23-58-27-35(46-33(5)48)29-62-68(54,55)60-25-21-44-41(52)39-40(67-43(7,8)66-39)42(53)45-22-26-61-69(56,57)63-30-36(47-34(6)49)28-59-24-20-32(4)65-38(51)18-16-14-12-10-2/h9-12,31-32,35-36,39-40H,13-30H2,1-8H3,(H,44,52)(H,45,53)(H,46,48)(H,47,49)(H,54,55)(H,56,57)/b11-9-,12-10-/t31-,32-,35-,36-,39-,40+/m1/s1. The summed E-state index contributed by atoms with van der Waals surface area (Å²) in [5.74, 6) is -4.60. The van der Waals surface area contributed by atoms with Gasteiger partial charge in [0.2, 0.25) is 11.8 Å². The van der Waals surface area contributed by atoms with Crippen LogP contribution in [0, 0.1) is 0 Å². The highest BCUT2D eigenvalue weighted by molar-refractivity contribution is 7.47. The van der Waals surface area contributed by atoms with Gasteiger partial charge in [-0.05, 0) is 67.2 Å². The maximum Gasteiger partial charge on any atom is 0.472 e. The van der Waals surface area contributed by atoms with Gasteiger partial charge in [-0.25, -0.2) is 9.13 Å². The number of allylic oxidation sites excluding steroid dienone is 4. The Balaban J connectivity index is 2.51. The van der Waals surface area contributed by atoms with Crippen molar-refractivity contribution in [3.8, 4) is 0 Å². The molecule has 398 valence electrons. The highest BCUT2D eigenvalue weighted by atomic mass is 31.2. The van der Waals surface area contributed by atoms with Gasteiger partial charge in [0.15, 0.2) is 18.0 Å². The Morgan fingerprint density at radius 2 is 1.00 bits per heavy atom. The number of unbranched alkanes of at least 4 members (excludes halogenated alkanes) is 2. The zero-order valence-electron chi connectivity index (χ0n) is 41.1. The van der Waals surface area contributed by atoms with Gasteiger partial charge in [0.1, 0.15) is 12.2 Å². The monoisotopic (exact) mass is 1030 g/mol. The van der Waals surface area contributed by atoms with E-state index in [1.807, 2.05) is 38.2 Å². The largest absolute Gasteiger partial charge is 0.472 e. The first-order valence-electron chi connectivity index (χ1n) is 22.9. The summed E-state index contributed by atoms with van der Waals surface area (Å²) < 4.78 is 78.3. The molecular weight excluding hydrogens is 954 g/mol. The molecule has 0 saturated carbocycles. The van der Waals surface area contributed by atoms with E-state index in [0.29, 0.717) is 38.5 Å². The first kappa shape index (κ1) is 63.4. The molecule has 1 rings (SSSR count). The normalized spacial score (nSPS) is 19.2. The van der Waals surface area contributed by atoms with Gasteiger partial charge >= 0.3 is 27.6 Å². The summed E-state index contributed by atoms with van der Waals surface area (Å²) in [7, 11) is -9.41. The molecule has 0 aromatic carbocycles. The highest BCUT2D eigenvalue weighted by Crippen LogP contribution is 2.43. The Hall–Kier alpha value is -3.64. The molecule has 0 aromatic heterocycles. The third-order valence-electron chi connectivity index (χ3n) is 9.23. The van der Waals surface area contributed by atoms with Gasteiger partial charge in [-0.2, -0.15) is 0 Å². The van der Waals surface area contributed by atoms with Crippen molar-refractivity contribution in [1.82, 2.24) is 21.3 Å². The molecule has 8 atom stereocenters. The molecule has 1 aliphatic rings. The van der Waals surface area contributed by atoms with E-state index in [-0.39, 0.29) is 51.5 Å². The Labute approximate surface area is 405 Å². The quantitative estimate of drug-likeness (QED) is 0.0224. The fourth-order valence-electron chi connectivity index (χ4n) is 5.99. The molecular formula is C43H76N4O20P2. The SMILES string of the molecule is C/C=C\CCCC(=O)O[C@H](C)CCOC[C@H](COP(=O)(O)OCCNC(=O)[C@H]1OC(C)(C)O[C@H]1C(=O)NCCOP(=O)(O)OC[C@@H](COCC[C@@H](C)OC(=O)CCC/C=C\C)NC(C)=O)NC(C)=O. The lowest BCUT2D eigenvalue weighted by molar-refractivity contribution is -0.159. The van der Waals surface area contributed by atoms with Crippen molar-refractivity contribution in [2.45, 2.75) is 149 Å². The van der Waals surface area contributed by atoms with Crippen LogP contribution in [0.1, 0.15) is 107 Å². The molecule has 4 amide bonds. The van der Waals surface area contributed by atoms with Crippen molar-refractivity contribution in [3.05, 3.63) is 24.3 Å². The van der Waals surface area contributed by atoms with E-state index in [0.717, 1.165) is 12.8 Å². The van der Waals surface area contributed by atoms with Crippen LogP contribution in [0.4, 0.5) is 0 Å². The predicted molar refractivity (Wildman–Crippen MR) is 248 cm³/mol. The average molecular weight is 1030 g/mol. The number of amides is 4. The first-order chi connectivity index (χ1) is 32.5. The lowest BCUT2D eigenvalue weighted by Crippen LogP contribution is -2.48. The number of hydrogen-bond acceptors (Lipinski definition) is 18. The molecule has 0 radical (unpaired) electrons. The van der Waals surface area contributed by atoms with Crippen molar-refractivity contribution >= 4 is 51.2 Å². The van der Waals surface area contributed by atoms with Gasteiger partial charge < -0.3 is 59.5 Å². The van der Waals surface area contributed by atoms with Crippen molar-refractivity contribution in [3.63, 3.8) is 0 Å². The number of ether oxygens (including phenoxy) is 6. The molecule has 0 bridgehead atoms. The number of rotatable bonds is 38. The van der Waals surface area contributed by atoms with Crippen molar-refractivity contribution < 1.29 is 94.2 Å². The summed E-state index contributed by atoms with van der Waals surface area (Å²) in [6.07, 6.45) is 8.16. The minimum Gasteiger partial charge on any atom is -0.463 e. The lowest BCUT2D eigenvalue weighted by Gasteiger charge is -2.21. The molecule has 1 fully saturated rings. The minimum absolute atomic E-state index is 0.0991. The number of carbonyl (C=O) groups is 6. The van der Waals surface area contributed by atoms with Gasteiger partial charge in [0.25, 0.3) is 11.8 Å². The molecule has 24 nitrogen and oxygen atoms in total. The molecule has 26 heteroatoms. The van der Waals surface area contributed by atoms with E-state index in [1.54, 1.807) is 13.8 Å². The Bertz CT molecular complexity index is 1610. The summed E-state index contributed by atoms with van der Waals surface area (Å²) in [5.41, 5.74) is 0. The van der Waals surface area contributed by atoms with Gasteiger partial charge in [0, 0.05) is 52.6 Å². The minimum atomic E-state index is -4.70. The molecule has 1 heterocycles. The Kier molecular flexibility index (Phi) is 31.8. The third-order valence-corrected chi connectivity index (χ3v) is 11.2. The summed E-state index contributed by atoms with van der Waals surface area (Å²) in [6, 6.07) is -1.69. The van der Waals surface area contributed by atoms with E-state index < -0.39 is 108 Å². The number of hydrogen-bond donors (Lipinski definition) is 6. The van der Waals surface area contributed by atoms with Gasteiger partial charge in [0.05, 0.1) is 64.9 Å². The fourth-order valence-corrected chi connectivity index (χ4v) is 7.52. The summed E-state index contributed by atoms with van der Waals surface area (Å²) in [5, 5.41) is 9.95. The second-order valence-electron chi connectivity index (χ2n) is 16.3. The van der Waals surface area contributed by atoms with Gasteiger partial charge in [-0.3, -0.25) is 46.9 Å². The van der Waals surface area contributed by atoms with Gasteiger partial charge in [-0.1, -0.05) is 24.3 Å². The predicted octanol–water partition coefficient (Wildman–Crippen LogP) is 3.19. The van der Waals surface area contributed by atoms with Crippen molar-refractivity contribution in [1.29, 1.82) is 0 Å². The molecule has 0 aromatic rings. The molecule has 1 saturated heterocycles. The molecule has 0 aliphatic carbocycles. The number of carbonyl (C=O) groups excluding carboxylic acids is 6. The van der Waals surface area contributed by atoms with Crippen LogP contribution in [0.15, 0.2) is 24.3 Å². The maximum absolute atomic E-state index is 13.1. The van der Waals surface area contributed by atoms with Crippen LogP contribution in [0.3, 0.4) is 0 Å². The van der Waals surface area contributed by atoms with Crippen LogP contribution in [-0.2, 0) is 84.4 Å². The average Bonchev–Trinajstić information content (AvgIpc) is 3.60. The Morgan fingerprint density at radius 1 is 0.623 bits per heavy atom. The molecule has 6 N–H and O–H groups in total. The van der Waals surface area contributed by atoms with E-state index in [9.17, 15) is 47.7 Å². The summed E-state index contributed by atoms with van der Waals surface area (Å²) in [4.78, 5) is 94.0. The molecule has 69 heavy (non-hydrogen) atoms. The zero-order chi connectivity index (χ0) is 51.9. The van der Waals surface area contributed by atoms with Crippen molar-refractivity contribution in [2.75, 3.05) is 65.9 Å². The smallest absolute Gasteiger partial charge is 0.463 e. The van der Waals surface area contributed by atoms with Gasteiger partial charge in [-0.15, -0.1) is 0 Å². The van der Waals surface area contributed by atoms with Crippen LogP contribution in [0.2, 0.25) is 0 Å². The number of phosphoric ester groups is 2. The van der Waals surface area contributed by atoms with Crippen LogP contribution < -0.4 is 21.3 Å². The molecule has 0 spiro atoms. The van der Waals surface area contributed by atoms with E-state index in [1.165, 1.54) is 27.7 Å². The highest BCUT2D eigenvalue weighted by Gasteiger charge is 2.49. The topological polar surface area (TPSA) is 317 Å². The zero-order valence-corrected chi connectivity index (χ0v) is 42.9. The van der Waals surface area contributed by atoms with E-state index >= 15 is 0 Å². The third kappa shape index (κ3) is 32.1. The van der Waals surface area contributed by atoms with Crippen LogP contribution in [0.5, 0.6) is 0 Å². The second kappa shape index (κ2) is 34.6. The van der Waals surface area contributed by atoms with Crippen molar-refractivity contribution in [2.24, 2.45) is 0 Å². The molecule has 1 aliphatic heterocycles. The second-order valence-corrected chi connectivity index (χ2v) is 19.2. The first-order valence-corrected chi connectivity index (χ1v) is 25.9. The lowest BCUT2D eigenvalue weighted by atomic mass is 10.2.